The minimum absolute atomic E-state index is 0.0981. The van der Waals surface area contributed by atoms with Crippen LogP contribution in [0.25, 0.3) is 4.95 Å². The lowest BCUT2D eigenvalue weighted by Crippen LogP contribution is -2.42. The van der Waals surface area contributed by atoms with Crippen LogP contribution in [0.2, 0.25) is 22.5 Å². The van der Waals surface area contributed by atoms with Gasteiger partial charge in [-0.15, -0.1) is 11.3 Å². The van der Waals surface area contributed by atoms with Gasteiger partial charge < -0.3 is 20.0 Å². The van der Waals surface area contributed by atoms with Gasteiger partial charge in [-0.05, 0) is 79.2 Å². The number of halogens is 1. The van der Waals surface area contributed by atoms with Crippen molar-refractivity contribution in [3.8, 4) is 0 Å². The van der Waals surface area contributed by atoms with Gasteiger partial charge >= 0.3 is 0 Å². The lowest BCUT2D eigenvalue weighted by atomic mass is 10.1. The molecule has 0 aliphatic carbocycles. The highest BCUT2D eigenvalue weighted by molar-refractivity contribution is 7.18. The van der Waals surface area contributed by atoms with E-state index in [0.717, 1.165) is 11.3 Å². The van der Waals surface area contributed by atoms with E-state index in [9.17, 15) is 9.59 Å². The van der Waals surface area contributed by atoms with Crippen LogP contribution in [0, 0.1) is 13.5 Å². The molecule has 0 saturated carbocycles. The lowest BCUT2D eigenvalue weighted by molar-refractivity contribution is 0.102. The van der Waals surface area contributed by atoms with E-state index in [1.165, 1.54) is 11.3 Å². The maximum atomic E-state index is 13.5. The predicted octanol–water partition coefficient (Wildman–Crippen LogP) is 7.94. The van der Waals surface area contributed by atoms with Crippen molar-refractivity contribution in [2.75, 3.05) is 47.8 Å². The minimum atomic E-state index is -1.90. The molecule has 0 aliphatic heterocycles. The van der Waals surface area contributed by atoms with Crippen LogP contribution in [0.15, 0.2) is 48.5 Å². The monoisotopic (exact) mass is 611 g/mol. The van der Waals surface area contributed by atoms with Crippen molar-refractivity contribution < 1.29 is 14.0 Å². The van der Waals surface area contributed by atoms with E-state index in [1.807, 2.05) is 25.9 Å². The standard InChI is InChI=1S/C30H38ClN5O3SSi/c1-20-18-24(34-29(38)26-14-15-27(31)40-26)23(19-25(20)35(6)7)28(37)33-21-10-12-22(13-11-21)36(32-5)16-17-39-41(8,9)30(2,3)4/h10-15,18-19H,16-17H2,1-4,6-9H3,(H,33,37)(H,34,38). The number of carbonyl (C=O) groups excluding carboxylic acids is 2. The Kier molecular flexibility index (Phi) is 10.3. The first-order valence-corrected chi connectivity index (χ1v) is 17.3. The molecule has 11 heteroatoms. The van der Waals surface area contributed by atoms with Crippen LogP contribution in [0.1, 0.15) is 46.4 Å². The summed E-state index contributed by atoms with van der Waals surface area (Å²) in [7, 11) is 1.89. The summed E-state index contributed by atoms with van der Waals surface area (Å²) < 4.78 is 6.74. The molecule has 41 heavy (non-hydrogen) atoms. The molecule has 8 nitrogen and oxygen atoms in total. The first-order valence-electron chi connectivity index (χ1n) is 13.2. The number of benzene rings is 2. The molecule has 0 bridgehead atoms. The molecule has 0 spiro atoms. The molecule has 0 unspecified atom stereocenters. The predicted molar refractivity (Wildman–Crippen MR) is 174 cm³/mol. The number of amides is 2. The minimum Gasteiger partial charge on any atom is -0.415 e. The Hall–Kier alpha value is -3.36. The fourth-order valence-electron chi connectivity index (χ4n) is 3.85. The van der Waals surface area contributed by atoms with Gasteiger partial charge in [0.25, 0.3) is 11.8 Å². The summed E-state index contributed by atoms with van der Waals surface area (Å²) in [6.07, 6.45) is 0. The smallest absolute Gasteiger partial charge is 0.265 e. The Morgan fingerprint density at radius 2 is 1.71 bits per heavy atom. The lowest BCUT2D eigenvalue weighted by Gasteiger charge is -2.36. The van der Waals surface area contributed by atoms with Gasteiger partial charge in [-0.2, -0.15) is 11.5 Å². The molecular weight excluding hydrogens is 574 g/mol. The van der Waals surface area contributed by atoms with Crippen LogP contribution in [0.3, 0.4) is 0 Å². The second-order valence-corrected chi connectivity index (χ2v) is 18.0. The van der Waals surface area contributed by atoms with Crippen molar-refractivity contribution in [2.45, 2.75) is 45.8 Å². The third kappa shape index (κ3) is 8.11. The highest BCUT2D eigenvalue weighted by atomic mass is 35.5. The highest BCUT2D eigenvalue weighted by Gasteiger charge is 2.37. The quantitative estimate of drug-likeness (QED) is 0.138. The fourth-order valence-corrected chi connectivity index (χ4v) is 5.82. The Labute approximate surface area is 253 Å². The summed E-state index contributed by atoms with van der Waals surface area (Å²) in [5, 5.41) is 7.45. The average molecular weight is 612 g/mol. The van der Waals surface area contributed by atoms with Crippen molar-refractivity contribution in [1.82, 2.24) is 0 Å². The van der Waals surface area contributed by atoms with E-state index in [2.05, 4.69) is 49.5 Å². The van der Waals surface area contributed by atoms with E-state index < -0.39 is 8.32 Å². The molecule has 2 aromatic carbocycles. The summed E-state index contributed by atoms with van der Waals surface area (Å²) in [5.74, 6) is -0.709. The zero-order valence-electron chi connectivity index (χ0n) is 24.9. The van der Waals surface area contributed by atoms with Crippen molar-refractivity contribution >= 4 is 65.8 Å². The number of hydrogen-bond acceptors (Lipinski definition) is 6. The molecule has 1 heterocycles. The Bertz CT molecular complexity index is 1440. The molecular formula is C30H38ClN5O3SSi. The zero-order valence-corrected chi connectivity index (χ0v) is 27.5. The van der Waals surface area contributed by atoms with Crippen LogP contribution < -0.4 is 20.5 Å². The summed E-state index contributed by atoms with van der Waals surface area (Å²) in [6.45, 7) is 21.4. The molecule has 2 N–H and O–H groups in total. The van der Waals surface area contributed by atoms with Crippen LogP contribution in [-0.4, -0.2) is 47.4 Å². The first-order chi connectivity index (χ1) is 19.1. The SMILES string of the molecule is [C-]#[N+]N(CCO[Si](C)(C)C(C)(C)C)c1ccc(NC(=O)c2cc(N(C)C)c(C)cc2NC(=O)c2ccc(Cl)s2)cc1. The van der Waals surface area contributed by atoms with E-state index in [0.29, 0.717) is 45.0 Å². The normalized spacial score (nSPS) is 11.5. The number of thiophene rings is 1. The van der Waals surface area contributed by atoms with Crippen LogP contribution in [-0.2, 0) is 4.43 Å². The molecule has 0 aliphatic rings. The Morgan fingerprint density at radius 1 is 1.05 bits per heavy atom. The number of anilines is 4. The molecule has 0 atom stereocenters. The number of aryl methyl sites for hydroxylation is 1. The summed E-state index contributed by atoms with van der Waals surface area (Å²) in [5.41, 5.74) is 3.77. The van der Waals surface area contributed by atoms with Gasteiger partial charge in [0.05, 0.1) is 27.1 Å². The van der Waals surface area contributed by atoms with E-state index in [4.69, 9.17) is 22.6 Å². The topological polar surface area (TPSA) is 78.3 Å². The van der Waals surface area contributed by atoms with Crippen LogP contribution in [0.5, 0.6) is 0 Å². The molecule has 0 radical (unpaired) electrons. The van der Waals surface area contributed by atoms with Crippen LogP contribution in [0.4, 0.5) is 22.7 Å². The maximum Gasteiger partial charge on any atom is 0.265 e. The van der Waals surface area contributed by atoms with Crippen molar-refractivity contribution in [1.29, 1.82) is 0 Å². The molecule has 0 saturated heterocycles. The second-order valence-electron chi connectivity index (χ2n) is 11.5. The maximum absolute atomic E-state index is 13.5. The number of hydrogen-bond donors (Lipinski definition) is 2. The first kappa shape index (κ1) is 32.2. The van der Waals surface area contributed by atoms with Crippen molar-refractivity contribution in [3.05, 3.63) is 80.4 Å². The van der Waals surface area contributed by atoms with Crippen molar-refractivity contribution in [2.24, 2.45) is 0 Å². The third-order valence-corrected chi connectivity index (χ3v) is 13.0. The van der Waals surface area contributed by atoms with Gasteiger partial charge in [0, 0.05) is 25.5 Å². The van der Waals surface area contributed by atoms with Crippen molar-refractivity contribution in [3.63, 3.8) is 0 Å². The van der Waals surface area contributed by atoms with E-state index in [-0.39, 0.29) is 16.9 Å². The summed E-state index contributed by atoms with van der Waals surface area (Å²) >= 11 is 7.17. The average Bonchev–Trinajstić information content (AvgIpc) is 3.33. The molecule has 1 aromatic heterocycles. The van der Waals surface area contributed by atoms with Crippen LogP contribution >= 0.6 is 22.9 Å². The zero-order chi connectivity index (χ0) is 30.5. The van der Waals surface area contributed by atoms with E-state index >= 15 is 0 Å². The Balaban J connectivity index is 1.76. The van der Waals surface area contributed by atoms with Gasteiger partial charge in [0.1, 0.15) is 12.2 Å². The van der Waals surface area contributed by atoms with Gasteiger partial charge in [0.2, 0.25) is 0 Å². The molecule has 0 fully saturated rings. The summed E-state index contributed by atoms with van der Waals surface area (Å²) in [4.78, 5) is 32.3. The number of nitrogens with one attached hydrogen (secondary N) is 2. The number of carbonyl (C=O) groups is 2. The highest BCUT2D eigenvalue weighted by Crippen LogP contribution is 2.36. The molecule has 218 valence electrons. The molecule has 3 rings (SSSR count). The van der Waals surface area contributed by atoms with Gasteiger partial charge in [-0.3, -0.25) is 9.59 Å². The summed E-state index contributed by atoms with van der Waals surface area (Å²) in [6, 6.07) is 14.0. The van der Waals surface area contributed by atoms with Gasteiger partial charge in [-0.25, -0.2) is 0 Å². The third-order valence-electron chi connectivity index (χ3n) is 7.22. The van der Waals surface area contributed by atoms with Gasteiger partial charge in [0.15, 0.2) is 8.32 Å². The van der Waals surface area contributed by atoms with E-state index in [1.54, 1.807) is 53.5 Å². The fraction of sp³-hybridized carbons (Fsp3) is 0.367. The largest absolute Gasteiger partial charge is 0.415 e. The number of rotatable bonds is 10. The number of nitrogens with zero attached hydrogens (tertiary/aromatic N) is 3. The Morgan fingerprint density at radius 3 is 2.24 bits per heavy atom. The molecule has 2 amide bonds. The molecule has 3 aromatic rings. The van der Waals surface area contributed by atoms with Gasteiger partial charge in [-0.1, -0.05) is 37.4 Å². The second kappa shape index (κ2) is 13.1.